The molecule has 2 nitrogen and oxygen atoms in total. The van der Waals surface area contributed by atoms with Gasteiger partial charge in [-0.15, -0.1) is 0 Å². The van der Waals surface area contributed by atoms with Gasteiger partial charge in [0, 0.05) is 17.0 Å². The Bertz CT molecular complexity index is 224. The summed E-state index contributed by atoms with van der Waals surface area (Å²) in [5.41, 5.74) is 0. The first kappa shape index (κ1) is 10.7. The molecule has 3 unspecified atom stereocenters. The molecule has 0 aromatic rings. The number of hydrogen-bond donors (Lipinski definition) is 1. The van der Waals surface area contributed by atoms with E-state index < -0.39 is 0 Å². The molecule has 0 amide bonds. The summed E-state index contributed by atoms with van der Waals surface area (Å²) in [5, 5.41) is 5.42. The Kier molecular flexibility index (Phi) is 3.66. The highest BCUT2D eigenvalue weighted by molar-refractivity contribution is 8.14. The predicted octanol–water partition coefficient (Wildman–Crippen LogP) is 2.35. The predicted molar refractivity (Wildman–Crippen MR) is 67.4 cm³/mol. The van der Waals surface area contributed by atoms with Crippen LogP contribution in [-0.4, -0.2) is 34.0 Å². The number of amidine groups is 1. The molecule has 80 valence electrons. The lowest BCUT2D eigenvalue weighted by atomic mass is 10.2. The zero-order valence-corrected chi connectivity index (χ0v) is 10.5. The molecule has 2 heterocycles. The first-order chi connectivity index (χ1) is 6.79. The van der Waals surface area contributed by atoms with Crippen LogP contribution in [0, 0.1) is 0 Å². The Morgan fingerprint density at radius 2 is 2.43 bits per heavy atom. The van der Waals surface area contributed by atoms with Crippen molar-refractivity contribution in [3.63, 3.8) is 0 Å². The zero-order valence-electron chi connectivity index (χ0n) is 8.82. The van der Waals surface area contributed by atoms with E-state index in [0.717, 1.165) is 0 Å². The van der Waals surface area contributed by atoms with Crippen molar-refractivity contribution in [3.05, 3.63) is 0 Å². The maximum Gasteiger partial charge on any atom is 0.157 e. The Morgan fingerprint density at radius 3 is 3.00 bits per heavy atom. The number of nitrogens with zero attached hydrogens (tertiary/aromatic N) is 1. The maximum atomic E-state index is 4.71. The average Bonchev–Trinajstić information content (AvgIpc) is 2.76. The fraction of sp³-hybridized carbons (Fsp3) is 0.900. The second-order valence-electron chi connectivity index (χ2n) is 3.94. The minimum absolute atomic E-state index is 0.538. The van der Waals surface area contributed by atoms with Crippen LogP contribution in [0.2, 0.25) is 0 Å². The standard InChI is InChI=1S/C10H18N2S2/c1-3-9-7(2)14-10(12-9)11-8-4-5-13-6-8/h7-9H,3-6H2,1-2H3,(H,11,12). The summed E-state index contributed by atoms with van der Waals surface area (Å²) in [6, 6.07) is 1.21. The third kappa shape index (κ3) is 2.40. The Hall–Kier alpha value is 0.170. The lowest BCUT2D eigenvalue weighted by Crippen LogP contribution is -2.32. The van der Waals surface area contributed by atoms with Crippen molar-refractivity contribution < 1.29 is 0 Å². The number of nitrogens with one attached hydrogen (secondary N) is 1. The fourth-order valence-corrected chi connectivity index (χ4v) is 4.20. The fourth-order valence-electron chi connectivity index (χ4n) is 1.86. The highest BCUT2D eigenvalue weighted by Gasteiger charge is 2.27. The molecule has 2 rings (SSSR count). The van der Waals surface area contributed by atoms with E-state index in [-0.39, 0.29) is 0 Å². The topological polar surface area (TPSA) is 24.4 Å². The van der Waals surface area contributed by atoms with Gasteiger partial charge in [-0.25, -0.2) is 0 Å². The molecule has 1 N–H and O–H groups in total. The summed E-state index contributed by atoms with van der Waals surface area (Å²) < 4.78 is 0. The van der Waals surface area contributed by atoms with Crippen molar-refractivity contribution in [2.45, 2.75) is 44.0 Å². The van der Waals surface area contributed by atoms with Crippen LogP contribution >= 0.6 is 23.5 Å². The number of hydrogen-bond acceptors (Lipinski definition) is 4. The van der Waals surface area contributed by atoms with E-state index in [4.69, 9.17) is 4.99 Å². The van der Waals surface area contributed by atoms with E-state index >= 15 is 0 Å². The van der Waals surface area contributed by atoms with Crippen LogP contribution < -0.4 is 5.32 Å². The highest BCUT2D eigenvalue weighted by Crippen LogP contribution is 2.28. The summed E-state index contributed by atoms with van der Waals surface area (Å²) >= 11 is 3.96. The largest absolute Gasteiger partial charge is 0.361 e. The van der Waals surface area contributed by atoms with Crippen molar-refractivity contribution in [1.82, 2.24) is 5.32 Å². The summed E-state index contributed by atoms with van der Waals surface area (Å²) in [4.78, 5) is 4.71. The second-order valence-corrected chi connectivity index (χ2v) is 6.45. The molecule has 0 saturated carbocycles. The van der Waals surface area contributed by atoms with Gasteiger partial charge in [0.25, 0.3) is 0 Å². The summed E-state index contributed by atoms with van der Waals surface area (Å²) in [6.07, 6.45) is 2.47. The van der Waals surface area contributed by atoms with Gasteiger partial charge >= 0.3 is 0 Å². The van der Waals surface area contributed by atoms with Crippen LogP contribution in [0.4, 0.5) is 0 Å². The van der Waals surface area contributed by atoms with Crippen molar-refractivity contribution in [2.75, 3.05) is 11.5 Å². The molecule has 0 radical (unpaired) electrons. The van der Waals surface area contributed by atoms with Crippen molar-refractivity contribution in [1.29, 1.82) is 0 Å². The second kappa shape index (κ2) is 4.79. The summed E-state index contributed by atoms with van der Waals surface area (Å²) in [7, 11) is 0. The lowest BCUT2D eigenvalue weighted by Gasteiger charge is -2.11. The van der Waals surface area contributed by atoms with E-state index in [1.165, 1.54) is 29.5 Å². The van der Waals surface area contributed by atoms with Gasteiger partial charge in [-0.3, -0.25) is 4.99 Å². The van der Waals surface area contributed by atoms with Gasteiger partial charge < -0.3 is 5.32 Å². The molecule has 0 aromatic carbocycles. The third-order valence-corrected chi connectivity index (χ3v) is 5.09. The van der Waals surface area contributed by atoms with Crippen molar-refractivity contribution >= 4 is 28.7 Å². The van der Waals surface area contributed by atoms with Gasteiger partial charge in [0.1, 0.15) is 0 Å². The highest BCUT2D eigenvalue weighted by atomic mass is 32.2. The molecule has 4 heteroatoms. The molecule has 1 fully saturated rings. The molecular formula is C10H18N2S2. The summed E-state index contributed by atoms with van der Waals surface area (Å²) in [5.74, 6) is 2.56. The SMILES string of the molecule is CCC1N=C(NC2CCSC2)SC1C. The van der Waals surface area contributed by atoms with Crippen LogP contribution in [0.3, 0.4) is 0 Å². The zero-order chi connectivity index (χ0) is 9.97. The minimum atomic E-state index is 0.538. The number of aliphatic imine (C=N–C) groups is 1. The molecule has 1 saturated heterocycles. The molecule has 2 aliphatic rings. The summed E-state index contributed by atoms with van der Waals surface area (Å²) in [6.45, 7) is 4.50. The molecule has 0 aliphatic carbocycles. The van der Waals surface area contributed by atoms with E-state index in [1.807, 2.05) is 23.5 Å². The maximum absolute atomic E-state index is 4.71. The number of rotatable bonds is 2. The molecule has 2 aliphatic heterocycles. The van der Waals surface area contributed by atoms with Gasteiger partial charge in [-0.1, -0.05) is 25.6 Å². The molecule has 0 aromatic heterocycles. The van der Waals surface area contributed by atoms with Gasteiger partial charge in [0.2, 0.25) is 0 Å². The first-order valence-corrected chi connectivity index (χ1v) is 7.41. The van der Waals surface area contributed by atoms with E-state index in [0.29, 0.717) is 17.3 Å². The third-order valence-electron chi connectivity index (χ3n) is 2.80. The average molecular weight is 230 g/mol. The van der Waals surface area contributed by atoms with E-state index in [1.54, 1.807) is 0 Å². The first-order valence-electron chi connectivity index (χ1n) is 5.38. The van der Waals surface area contributed by atoms with Gasteiger partial charge in [0.05, 0.1) is 6.04 Å². The van der Waals surface area contributed by atoms with Crippen molar-refractivity contribution in [3.8, 4) is 0 Å². The van der Waals surface area contributed by atoms with E-state index in [2.05, 4.69) is 19.2 Å². The Balaban J connectivity index is 1.86. The van der Waals surface area contributed by atoms with Crippen LogP contribution in [0.25, 0.3) is 0 Å². The Morgan fingerprint density at radius 1 is 1.57 bits per heavy atom. The molecular weight excluding hydrogens is 212 g/mol. The monoisotopic (exact) mass is 230 g/mol. The Labute approximate surface area is 94.7 Å². The van der Waals surface area contributed by atoms with Crippen molar-refractivity contribution in [2.24, 2.45) is 4.99 Å². The van der Waals surface area contributed by atoms with Crippen LogP contribution in [0.1, 0.15) is 26.7 Å². The molecule has 3 atom stereocenters. The van der Waals surface area contributed by atoms with E-state index in [9.17, 15) is 0 Å². The van der Waals surface area contributed by atoms with Crippen LogP contribution in [-0.2, 0) is 0 Å². The lowest BCUT2D eigenvalue weighted by molar-refractivity contribution is 0.644. The van der Waals surface area contributed by atoms with Crippen LogP contribution in [0.5, 0.6) is 0 Å². The molecule has 0 bridgehead atoms. The molecule has 14 heavy (non-hydrogen) atoms. The number of thioether (sulfide) groups is 2. The normalized spacial score (nSPS) is 37.3. The minimum Gasteiger partial charge on any atom is -0.361 e. The van der Waals surface area contributed by atoms with Crippen LogP contribution in [0.15, 0.2) is 4.99 Å². The quantitative estimate of drug-likeness (QED) is 0.788. The van der Waals surface area contributed by atoms with Gasteiger partial charge in [0.15, 0.2) is 5.17 Å². The van der Waals surface area contributed by atoms with Gasteiger partial charge in [-0.05, 0) is 18.6 Å². The smallest absolute Gasteiger partial charge is 0.157 e. The van der Waals surface area contributed by atoms with Gasteiger partial charge in [-0.2, -0.15) is 11.8 Å². The molecule has 0 spiro atoms.